The fraction of sp³-hybridized carbons (Fsp3) is 0.100. The molecule has 0 bridgehead atoms. The molecule has 0 aliphatic heterocycles. The minimum Gasteiger partial charge on any atom is -0.594 e. The van der Waals surface area contributed by atoms with Gasteiger partial charge in [0.15, 0.2) is 0 Å². The van der Waals surface area contributed by atoms with Gasteiger partial charge in [-0.2, -0.15) is 0 Å². The SMILES string of the molecule is C=CCn1c(=O)n[n+]([O-])c2ccc(Cl)cc21. The molecule has 0 aliphatic carbocycles. The zero-order chi connectivity index (χ0) is 11.7. The van der Waals surface area contributed by atoms with Crippen molar-refractivity contribution in [1.29, 1.82) is 0 Å². The molecule has 16 heavy (non-hydrogen) atoms. The maximum atomic E-state index is 11.5. The lowest BCUT2D eigenvalue weighted by atomic mass is 10.3. The van der Waals surface area contributed by atoms with Crippen LogP contribution in [0.3, 0.4) is 0 Å². The van der Waals surface area contributed by atoms with Crippen LogP contribution in [-0.2, 0) is 6.54 Å². The highest BCUT2D eigenvalue weighted by molar-refractivity contribution is 6.31. The zero-order valence-corrected chi connectivity index (χ0v) is 9.02. The van der Waals surface area contributed by atoms with Gasteiger partial charge in [0.1, 0.15) is 5.52 Å². The number of nitrogens with zero attached hydrogens (tertiary/aromatic N) is 3. The van der Waals surface area contributed by atoms with E-state index in [4.69, 9.17) is 11.6 Å². The predicted octanol–water partition coefficient (Wildman–Crippen LogP) is 0.869. The van der Waals surface area contributed by atoms with Gasteiger partial charge in [-0.15, -0.1) is 6.58 Å². The smallest absolute Gasteiger partial charge is 0.409 e. The van der Waals surface area contributed by atoms with Gasteiger partial charge in [0.25, 0.3) is 5.52 Å². The molecule has 0 spiro atoms. The molecule has 0 saturated heterocycles. The average Bonchev–Trinajstić information content (AvgIpc) is 2.23. The molecular formula is C10H8ClN3O2. The molecule has 0 radical (unpaired) electrons. The van der Waals surface area contributed by atoms with Gasteiger partial charge in [0.05, 0.1) is 5.10 Å². The van der Waals surface area contributed by atoms with E-state index < -0.39 is 5.69 Å². The van der Waals surface area contributed by atoms with Gasteiger partial charge in [-0.25, -0.2) is 4.79 Å². The number of hydrogen-bond donors (Lipinski definition) is 0. The van der Waals surface area contributed by atoms with Crippen molar-refractivity contribution in [3.05, 3.63) is 51.6 Å². The van der Waals surface area contributed by atoms with E-state index in [1.54, 1.807) is 18.2 Å². The Morgan fingerprint density at radius 3 is 3.06 bits per heavy atom. The van der Waals surface area contributed by atoms with Gasteiger partial charge in [0.2, 0.25) is 0 Å². The van der Waals surface area contributed by atoms with Gasteiger partial charge < -0.3 is 5.21 Å². The first-order chi connectivity index (χ1) is 7.63. The number of rotatable bonds is 2. The summed E-state index contributed by atoms with van der Waals surface area (Å²) in [7, 11) is 0. The van der Waals surface area contributed by atoms with Crippen LogP contribution in [-0.4, -0.2) is 9.67 Å². The summed E-state index contributed by atoms with van der Waals surface area (Å²) in [5, 5.41) is 15.2. The van der Waals surface area contributed by atoms with Crippen LogP contribution >= 0.6 is 11.6 Å². The second-order valence-corrected chi connectivity index (χ2v) is 3.62. The Kier molecular flexibility index (Phi) is 2.62. The molecule has 0 saturated carbocycles. The van der Waals surface area contributed by atoms with E-state index in [1.807, 2.05) is 0 Å². The maximum Gasteiger partial charge on any atom is 0.409 e. The molecule has 2 rings (SSSR count). The van der Waals surface area contributed by atoms with Gasteiger partial charge >= 0.3 is 5.69 Å². The van der Waals surface area contributed by atoms with E-state index in [1.165, 1.54) is 10.6 Å². The molecular weight excluding hydrogens is 230 g/mol. The lowest BCUT2D eigenvalue weighted by Gasteiger charge is -2.05. The molecule has 0 aliphatic rings. The lowest BCUT2D eigenvalue weighted by molar-refractivity contribution is -0.645. The summed E-state index contributed by atoms with van der Waals surface area (Å²) in [4.78, 5) is 11.8. The Labute approximate surface area is 95.8 Å². The zero-order valence-electron chi connectivity index (χ0n) is 8.26. The van der Waals surface area contributed by atoms with Crippen LogP contribution in [0.4, 0.5) is 0 Å². The first-order valence-electron chi connectivity index (χ1n) is 4.54. The van der Waals surface area contributed by atoms with Crippen LogP contribution in [0.15, 0.2) is 35.6 Å². The molecule has 1 aromatic carbocycles. The third-order valence-electron chi connectivity index (χ3n) is 2.15. The quantitative estimate of drug-likeness (QED) is 0.442. The molecule has 1 heterocycles. The topological polar surface area (TPSA) is 61.8 Å². The van der Waals surface area contributed by atoms with Crippen molar-refractivity contribution in [3.63, 3.8) is 0 Å². The molecule has 5 nitrogen and oxygen atoms in total. The van der Waals surface area contributed by atoms with Gasteiger partial charge in [-0.3, -0.25) is 4.57 Å². The van der Waals surface area contributed by atoms with Crippen LogP contribution in [0.5, 0.6) is 0 Å². The summed E-state index contributed by atoms with van der Waals surface area (Å²) in [5.74, 6) is 0. The molecule has 0 atom stereocenters. The summed E-state index contributed by atoms with van der Waals surface area (Å²) in [6, 6.07) is 4.65. The Bertz CT molecular complexity index is 621. The van der Waals surface area contributed by atoms with Crippen molar-refractivity contribution in [3.8, 4) is 0 Å². The largest absolute Gasteiger partial charge is 0.594 e. The Hall–Kier alpha value is -1.88. The summed E-state index contributed by atoms with van der Waals surface area (Å²) in [6.07, 6.45) is 1.55. The normalized spacial score (nSPS) is 10.6. The molecule has 82 valence electrons. The third-order valence-corrected chi connectivity index (χ3v) is 2.39. The molecule has 0 amide bonds. The Balaban J connectivity index is 2.91. The van der Waals surface area contributed by atoms with Crippen molar-refractivity contribution >= 4 is 22.6 Å². The highest BCUT2D eigenvalue weighted by Crippen LogP contribution is 2.14. The van der Waals surface area contributed by atoms with Crippen LogP contribution in [0.25, 0.3) is 11.0 Å². The van der Waals surface area contributed by atoms with Gasteiger partial charge in [-0.05, 0) is 17.0 Å². The van der Waals surface area contributed by atoms with Crippen molar-refractivity contribution < 1.29 is 4.85 Å². The average molecular weight is 238 g/mol. The maximum absolute atomic E-state index is 11.5. The van der Waals surface area contributed by atoms with Crippen molar-refractivity contribution in [1.82, 2.24) is 9.67 Å². The monoisotopic (exact) mass is 237 g/mol. The molecule has 1 aromatic heterocycles. The van der Waals surface area contributed by atoms with Gasteiger partial charge in [0, 0.05) is 17.6 Å². The van der Waals surface area contributed by atoms with E-state index >= 15 is 0 Å². The molecule has 0 unspecified atom stereocenters. The van der Waals surface area contributed by atoms with Crippen molar-refractivity contribution in [2.75, 3.05) is 0 Å². The van der Waals surface area contributed by atoms with Crippen LogP contribution in [0.1, 0.15) is 0 Å². The summed E-state index contributed by atoms with van der Waals surface area (Å²) in [6.45, 7) is 3.82. The first-order valence-corrected chi connectivity index (χ1v) is 4.92. The van der Waals surface area contributed by atoms with Crippen LogP contribution in [0.2, 0.25) is 5.02 Å². The highest BCUT2D eigenvalue weighted by Gasteiger charge is 2.12. The minimum atomic E-state index is -0.621. The molecule has 0 N–H and O–H groups in total. The lowest BCUT2D eigenvalue weighted by Crippen LogP contribution is -2.42. The summed E-state index contributed by atoms with van der Waals surface area (Å²) in [5.41, 5.74) is 0.123. The molecule has 2 aromatic rings. The van der Waals surface area contributed by atoms with E-state index in [-0.39, 0.29) is 6.54 Å². The van der Waals surface area contributed by atoms with Gasteiger partial charge in [-0.1, -0.05) is 17.7 Å². The minimum absolute atomic E-state index is 0.281. The first kappa shape index (κ1) is 10.6. The van der Waals surface area contributed by atoms with Crippen molar-refractivity contribution in [2.45, 2.75) is 6.54 Å². The number of fused-ring (bicyclic) bond motifs is 1. The van der Waals surface area contributed by atoms with Crippen LogP contribution < -0.4 is 10.5 Å². The fourth-order valence-electron chi connectivity index (χ4n) is 1.47. The molecule has 6 heteroatoms. The Morgan fingerprint density at radius 2 is 2.38 bits per heavy atom. The second kappa shape index (κ2) is 3.94. The number of benzene rings is 1. The van der Waals surface area contributed by atoms with E-state index in [2.05, 4.69) is 11.7 Å². The Morgan fingerprint density at radius 1 is 1.62 bits per heavy atom. The van der Waals surface area contributed by atoms with E-state index in [0.717, 1.165) is 0 Å². The standard InChI is InChI=1S/C10H8ClN3O2/c1-2-5-13-9-6-7(11)3-4-8(9)14(16)12-10(13)15/h2-4,6H,1,5H2. The highest BCUT2D eigenvalue weighted by atomic mass is 35.5. The number of halogens is 1. The number of allylic oxidation sites excluding steroid dienone is 1. The summed E-state index contributed by atoms with van der Waals surface area (Å²) >= 11 is 5.82. The van der Waals surface area contributed by atoms with E-state index in [9.17, 15) is 10.0 Å². The number of aromatic nitrogens is 3. The summed E-state index contributed by atoms with van der Waals surface area (Å²) < 4.78 is 1.34. The third kappa shape index (κ3) is 1.65. The van der Waals surface area contributed by atoms with Crippen LogP contribution in [0, 0.1) is 5.21 Å². The second-order valence-electron chi connectivity index (χ2n) is 3.19. The van der Waals surface area contributed by atoms with E-state index in [0.29, 0.717) is 20.9 Å². The van der Waals surface area contributed by atoms with Crippen molar-refractivity contribution in [2.24, 2.45) is 0 Å². The predicted molar refractivity (Wildman–Crippen MR) is 60.2 cm³/mol. The molecule has 0 fully saturated rings. The fourth-order valence-corrected chi connectivity index (χ4v) is 1.64. The number of hydrogen-bond acceptors (Lipinski definition) is 3.